The van der Waals surface area contributed by atoms with E-state index in [1.54, 1.807) is 0 Å². The van der Waals surface area contributed by atoms with E-state index < -0.39 is 11.7 Å². The van der Waals surface area contributed by atoms with Crippen LogP contribution < -0.4 is 16.0 Å². The Morgan fingerprint density at radius 2 is 1.58 bits per heavy atom. The maximum absolute atomic E-state index is 12.8. The van der Waals surface area contributed by atoms with Crippen molar-refractivity contribution in [2.75, 3.05) is 0 Å². The molecule has 0 aliphatic heterocycles. The second-order valence-corrected chi connectivity index (χ2v) is 10.2. The van der Waals surface area contributed by atoms with Crippen LogP contribution in [-0.2, 0) is 24.8 Å². The second-order valence-electron chi connectivity index (χ2n) is 10.2. The van der Waals surface area contributed by atoms with Gasteiger partial charge < -0.3 is 25.3 Å². The van der Waals surface area contributed by atoms with Gasteiger partial charge in [0.05, 0.1) is 18.6 Å². The first-order valence-corrected chi connectivity index (χ1v) is 12.4. The molecule has 1 aliphatic rings. The monoisotopic (exact) mass is 489 g/mol. The molecule has 0 radical (unpaired) electrons. The molecule has 36 heavy (non-hydrogen) atoms. The summed E-state index contributed by atoms with van der Waals surface area (Å²) in [5.41, 5.74) is 3.74. The number of ether oxygens (including phenoxy) is 1. The Kier molecular flexibility index (Phi) is 7.62. The van der Waals surface area contributed by atoms with E-state index in [4.69, 9.17) is 4.74 Å². The fourth-order valence-corrected chi connectivity index (χ4v) is 4.53. The van der Waals surface area contributed by atoms with Gasteiger partial charge in [0.15, 0.2) is 0 Å². The highest BCUT2D eigenvalue weighted by molar-refractivity contribution is 5.74. The van der Waals surface area contributed by atoms with Crippen LogP contribution in [0.3, 0.4) is 0 Å². The van der Waals surface area contributed by atoms with Gasteiger partial charge in [0.1, 0.15) is 11.4 Å². The first kappa shape index (κ1) is 25.3. The third-order valence-corrected chi connectivity index (χ3v) is 6.30. The van der Waals surface area contributed by atoms with Crippen molar-refractivity contribution in [3.05, 3.63) is 89.0 Å². The molecular weight excluding hydrogens is 454 g/mol. The molecule has 0 saturated heterocycles. The first-order valence-electron chi connectivity index (χ1n) is 12.4. The van der Waals surface area contributed by atoms with Crippen molar-refractivity contribution in [2.24, 2.45) is 7.05 Å². The molecule has 3 aromatic rings. The van der Waals surface area contributed by atoms with Gasteiger partial charge in [0.25, 0.3) is 0 Å². The summed E-state index contributed by atoms with van der Waals surface area (Å²) >= 11 is 0. The molecule has 1 aliphatic carbocycles. The highest BCUT2D eigenvalue weighted by Gasteiger charge is 2.30. The van der Waals surface area contributed by atoms with Crippen LogP contribution in [0.25, 0.3) is 0 Å². The Bertz CT molecular complexity index is 1200. The summed E-state index contributed by atoms with van der Waals surface area (Å²) in [6.45, 7) is 5.85. The standard InChI is InChI=1S/C28H35N5O3/c1-28(2,3)36-27(35)32-24-15-14-23(21-12-8-9-13-22(21)24)31-26(34)30-18-25-29-17-20(33(25)4)16-19-10-6-5-7-11-19/h5-13,17,23-24H,14-16,18H2,1-4H3,(H,32,35)(H2,30,31,34). The summed E-state index contributed by atoms with van der Waals surface area (Å²) in [4.78, 5) is 29.6. The van der Waals surface area contributed by atoms with Gasteiger partial charge in [0.2, 0.25) is 0 Å². The molecule has 3 amide bonds. The fraction of sp³-hybridized carbons (Fsp3) is 0.393. The molecule has 0 bridgehead atoms. The second kappa shape index (κ2) is 10.8. The first-order chi connectivity index (χ1) is 17.2. The lowest BCUT2D eigenvalue weighted by molar-refractivity contribution is 0.0496. The molecule has 1 heterocycles. The zero-order valence-corrected chi connectivity index (χ0v) is 21.4. The molecule has 190 valence electrons. The zero-order valence-electron chi connectivity index (χ0n) is 21.4. The highest BCUT2D eigenvalue weighted by Crippen LogP contribution is 2.36. The number of benzene rings is 2. The predicted molar refractivity (Wildman–Crippen MR) is 138 cm³/mol. The Balaban J connectivity index is 1.34. The molecule has 1 aromatic heterocycles. The average Bonchev–Trinajstić information content (AvgIpc) is 3.18. The number of fused-ring (bicyclic) bond motifs is 1. The fourth-order valence-electron chi connectivity index (χ4n) is 4.53. The number of amides is 3. The van der Waals surface area contributed by atoms with Crippen LogP contribution in [0.4, 0.5) is 9.59 Å². The van der Waals surface area contributed by atoms with Gasteiger partial charge in [0, 0.05) is 25.4 Å². The number of nitrogens with one attached hydrogen (secondary N) is 3. The number of hydrogen-bond donors (Lipinski definition) is 3. The third-order valence-electron chi connectivity index (χ3n) is 6.30. The van der Waals surface area contributed by atoms with Crippen LogP contribution in [0.2, 0.25) is 0 Å². The van der Waals surface area contributed by atoms with Crippen molar-refractivity contribution in [1.82, 2.24) is 25.5 Å². The van der Waals surface area contributed by atoms with Crippen molar-refractivity contribution in [3.8, 4) is 0 Å². The molecule has 0 saturated carbocycles. The van der Waals surface area contributed by atoms with Crippen LogP contribution in [0.1, 0.15) is 73.9 Å². The molecule has 4 rings (SSSR count). The number of alkyl carbamates (subject to hydrolysis) is 1. The van der Waals surface area contributed by atoms with Crippen LogP contribution >= 0.6 is 0 Å². The summed E-state index contributed by atoms with van der Waals surface area (Å²) in [6, 6.07) is 17.6. The average molecular weight is 490 g/mol. The van der Waals surface area contributed by atoms with Gasteiger partial charge in [-0.05, 0) is 50.3 Å². The molecule has 3 N–H and O–H groups in total. The lowest BCUT2D eigenvalue weighted by Crippen LogP contribution is -2.41. The van der Waals surface area contributed by atoms with E-state index in [-0.39, 0.29) is 18.1 Å². The minimum absolute atomic E-state index is 0.145. The largest absolute Gasteiger partial charge is 0.444 e. The molecule has 0 spiro atoms. The quantitative estimate of drug-likeness (QED) is 0.458. The van der Waals surface area contributed by atoms with Gasteiger partial charge in [-0.15, -0.1) is 0 Å². The molecule has 0 fully saturated rings. The molecule has 2 unspecified atom stereocenters. The molecule has 2 aromatic carbocycles. The smallest absolute Gasteiger partial charge is 0.408 e. The van der Waals surface area contributed by atoms with Crippen molar-refractivity contribution < 1.29 is 14.3 Å². The summed E-state index contributed by atoms with van der Waals surface area (Å²) < 4.78 is 7.45. The summed E-state index contributed by atoms with van der Waals surface area (Å²) in [5, 5.41) is 9.01. The molecular formula is C28H35N5O3. The van der Waals surface area contributed by atoms with Gasteiger partial charge >= 0.3 is 12.1 Å². The molecule has 8 heteroatoms. The van der Waals surface area contributed by atoms with Crippen molar-refractivity contribution in [3.63, 3.8) is 0 Å². The number of carbonyl (C=O) groups is 2. The van der Waals surface area contributed by atoms with Crippen molar-refractivity contribution >= 4 is 12.1 Å². The van der Waals surface area contributed by atoms with Crippen LogP contribution in [0, 0.1) is 0 Å². The van der Waals surface area contributed by atoms with E-state index in [0.29, 0.717) is 19.4 Å². The maximum atomic E-state index is 12.8. The van der Waals surface area contributed by atoms with Crippen LogP contribution in [0.5, 0.6) is 0 Å². The van der Waals surface area contributed by atoms with Crippen LogP contribution in [-0.4, -0.2) is 27.3 Å². The summed E-state index contributed by atoms with van der Waals surface area (Å²) in [6.07, 6.45) is 3.61. The van der Waals surface area contributed by atoms with Gasteiger partial charge in [-0.2, -0.15) is 0 Å². The van der Waals surface area contributed by atoms with Gasteiger partial charge in [-0.25, -0.2) is 14.6 Å². The summed E-state index contributed by atoms with van der Waals surface area (Å²) in [5.74, 6) is 0.793. The van der Waals surface area contributed by atoms with E-state index in [2.05, 4.69) is 33.1 Å². The highest BCUT2D eigenvalue weighted by atomic mass is 16.6. The minimum atomic E-state index is -0.560. The lowest BCUT2D eigenvalue weighted by Gasteiger charge is -2.33. The zero-order chi connectivity index (χ0) is 25.7. The Hall–Kier alpha value is -3.81. The number of urea groups is 1. The van der Waals surface area contributed by atoms with Crippen molar-refractivity contribution in [2.45, 2.75) is 64.3 Å². The van der Waals surface area contributed by atoms with E-state index in [1.807, 2.05) is 81.0 Å². The van der Waals surface area contributed by atoms with E-state index in [1.165, 1.54) is 5.56 Å². The Labute approximate surface area is 212 Å². The number of hydrogen-bond acceptors (Lipinski definition) is 4. The minimum Gasteiger partial charge on any atom is -0.444 e. The normalized spacial score (nSPS) is 17.1. The van der Waals surface area contributed by atoms with Crippen LogP contribution in [0.15, 0.2) is 60.8 Å². The van der Waals surface area contributed by atoms with Gasteiger partial charge in [-0.1, -0.05) is 54.6 Å². The number of nitrogens with zero attached hydrogens (tertiary/aromatic N) is 2. The van der Waals surface area contributed by atoms with Crippen molar-refractivity contribution in [1.29, 1.82) is 0 Å². The lowest BCUT2D eigenvalue weighted by atomic mass is 9.84. The third kappa shape index (κ3) is 6.44. The number of aromatic nitrogens is 2. The molecule has 8 nitrogen and oxygen atoms in total. The number of rotatable bonds is 6. The van der Waals surface area contributed by atoms with E-state index in [0.717, 1.165) is 29.1 Å². The number of carbonyl (C=O) groups excluding carboxylic acids is 2. The van der Waals surface area contributed by atoms with E-state index in [9.17, 15) is 9.59 Å². The summed E-state index contributed by atoms with van der Waals surface area (Å²) in [7, 11) is 1.97. The van der Waals surface area contributed by atoms with Gasteiger partial charge in [-0.3, -0.25) is 0 Å². The SMILES string of the molecule is Cn1c(Cc2ccccc2)cnc1CNC(=O)NC1CCC(NC(=O)OC(C)(C)C)c2ccccc21. The Morgan fingerprint density at radius 1 is 0.972 bits per heavy atom. The maximum Gasteiger partial charge on any atom is 0.408 e. The number of imidazole rings is 1. The Morgan fingerprint density at radius 3 is 2.22 bits per heavy atom. The molecule has 2 atom stereocenters. The van der Waals surface area contributed by atoms with E-state index >= 15 is 0 Å². The predicted octanol–water partition coefficient (Wildman–Crippen LogP) is 4.91. The topological polar surface area (TPSA) is 97.3 Å².